The molecule has 0 saturated carbocycles. The maximum Gasteiger partial charge on any atom is 0.123 e. The van der Waals surface area contributed by atoms with Crippen molar-refractivity contribution in [2.45, 2.75) is 23.5 Å². The Balaban J connectivity index is 1.66. The number of nitrogens with zero attached hydrogens (tertiary/aromatic N) is 1. The van der Waals surface area contributed by atoms with E-state index < -0.39 is 0 Å². The first-order chi connectivity index (χ1) is 9.76. The molecule has 1 aliphatic heterocycles. The number of hydrogen-bond donors (Lipinski definition) is 0. The van der Waals surface area contributed by atoms with E-state index in [1.807, 2.05) is 36.9 Å². The lowest BCUT2D eigenvalue weighted by atomic mass is 10.1. The molecule has 3 rings (SSSR count). The van der Waals surface area contributed by atoms with Gasteiger partial charge in [0.1, 0.15) is 12.4 Å². The number of fused-ring (bicyclic) bond motifs is 1. The number of thioether (sulfide) groups is 1. The molecule has 0 radical (unpaired) electrons. The van der Waals surface area contributed by atoms with E-state index >= 15 is 0 Å². The van der Waals surface area contributed by atoms with Gasteiger partial charge in [0.2, 0.25) is 0 Å². The summed E-state index contributed by atoms with van der Waals surface area (Å²) in [6.45, 7) is 2.68. The normalized spacial score (nSPS) is 16.5. The van der Waals surface area contributed by atoms with Gasteiger partial charge in [0.15, 0.2) is 0 Å². The Bertz CT molecular complexity index is 650. The van der Waals surface area contributed by atoms with E-state index in [2.05, 4.69) is 30.3 Å². The first kappa shape index (κ1) is 13.1. The van der Waals surface area contributed by atoms with Gasteiger partial charge in [-0.2, -0.15) is 5.26 Å². The molecule has 20 heavy (non-hydrogen) atoms. The van der Waals surface area contributed by atoms with Crippen LogP contribution in [-0.4, -0.2) is 11.9 Å². The number of nitriles is 1. The third-order valence-electron chi connectivity index (χ3n) is 3.46. The molecule has 1 unspecified atom stereocenters. The zero-order valence-electron chi connectivity index (χ0n) is 11.3. The lowest BCUT2D eigenvalue weighted by Crippen LogP contribution is -2.14. The van der Waals surface area contributed by atoms with Crippen molar-refractivity contribution in [2.75, 3.05) is 6.61 Å². The van der Waals surface area contributed by atoms with Crippen LogP contribution in [0.4, 0.5) is 0 Å². The van der Waals surface area contributed by atoms with Gasteiger partial charge in [-0.1, -0.05) is 24.3 Å². The predicted molar refractivity (Wildman–Crippen MR) is 81.2 cm³/mol. The highest BCUT2D eigenvalue weighted by Crippen LogP contribution is 2.37. The molecule has 3 heteroatoms. The second kappa shape index (κ2) is 5.60. The Morgan fingerprint density at radius 1 is 1.30 bits per heavy atom. The summed E-state index contributed by atoms with van der Waals surface area (Å²) in [5.41, 5.74) is 3.13. The monoisotopic (exact) mass is 281 g/mol. The third-order valence-corrected chi connectivity index (χ3v) is 4.74. The summed E-state index contributed by atoms with van der Waals surface area (Å²) in [4.78, 5) is 1.36. The van der Waals surface area contributed by atoms with Crippen molar-refractivity contribution in [3.63, 3.8) is 0 Å². The highest BCUT2D eigenvalue weighted by atomic mass is 32.2. The molecule has 0 fully saturated rings. The van der Waals surface area contributed by atoms with Crippen molar-refractivity contribution in [3.8, 4) is 11.8 Å². The molecule has 0 aliphatic carbocycles. The van der Waals surface area contributed by atoms with E-state index in [0.717, 1.165) is 17.7 Å². The Kier molecular flexibility index (Phi) is 3.66. The van der Waals surface area contributed by atoms with Crippen molar-refractivity contribution >= 4 is 11.8 Å². The minimum Gasteiger partial charge on any atom is -0.492 e. The van der Waals surface area contributed by atoms with E-state index in [0.29, 0.717) is 17.4 Å². The first-order valence-corrected chi connectivity index (χ1v) is 7.52. The topological polar surface area (TPSA) is 33.0 Å². The quantitative estimate of drug-likeness (QED) is 0.853. The van der Waals surface area contributed by atoms with Crippen LogP contribution in [0.25, 0.3) is 0 Å². The van der Waals surface area contributed by atoms with Crippen molar-refractivity contribution in [3.05, 3.63) is 59.2 Å². The average Bonchev–Trinajstić information content (AvgIpc) is 2.89. The molecule has 1 aliphatic rings. The SMILES string of the molecule is Cc1ccc(C#N)cc1OCC1Cc2ccccc2S1. The fraction of sp³-hybridized carbons (Fsp3) is 0.235. The minimum absolute atomic E-state index is 0.456. The molecular formula is C17H15NOS. The maximum atomic E-state index is 8.94. The number of aryl methyl sites for hydroxylation is 1. The molecule has 2 nitrogen and oxygen atoms in total. The van der Waals surface area contributed by atoms with Crippen LogP contribution in [0, 0.1) is 18.3 Å². The largest absolute Gasteiger partial charge is 0.492 e. The van der Waals surface area contributed by atoms with Gasteiger partial charge in [-0.05, 0) is 42.7 Å². The average molecular weight is 281 g/mol. The number of ether oxygens (including phenoxy) is 1. The van der Waals surface area contributed by atoms with Crippen LogP contribution in [0.1, 0.15) is 16.7 Å². The summed E-state index contributed by atoms with van der Waals surface area (Å²) in [5.74, 6) is 0.820. The van der Waals surface area contributed by atoms with Gasteiger partial charge >= 0.3 is 0 Å². The molecule has 0 saturated heterocycles. The molecule has 0 amide bonds. The fourth-order valence-corrected chi connectivity index (χ4v) is 3.57. The van der Waals surface area contributed by atoms with Crippen molar-refractivity contribution < 1.29 is 4.74 Å². The van der Waals surface area contributed by atoms with E-state index in [1.165, 1.54) is 10.5 Å². The summed E-state index contributed by atoms with van der Waals surface area (Å²) in [7, 11) is 0. The Morgan fingerprint density at radius 3 is 2.95 bits per heavy atom. The summed E-state index contributed by atoms with van der Waals surface area (Å²) < 4.78 is 5.92. The Hall–Kier alpha value is -1.92. The van der Waals surface area contributed by atoms with Gasteiger partial charge in [0.25, 0.3) is 0 Å². The Labute approximate surface area is 123 Å². The standard InChI is InChI=1S/C17H15NOS/c1-12-6-7-13(10-18)8-16(12)19-11-15-9-14-4-2-3-5-17(14)20-15/h2-8,15H,9,11H2,1H3. The van der Waals surface area contributed by atoms with E-state index in [-0.39, 0.29) is 0 Å². The van der Waals surface area contributed by atoms with Gasteiger partial charge in [0, 0.05) is 10.1 Å². The highest BCUT2D eigenvalue weighted by Gasteiger charge is 2.22. The van der Waals surface area contributed by atoms with Crippen molar-refractivity contribution in [1.82, 2.24) is 0 Å². The first-order valence-electron chi connectivity index (χ1n) is 6.64. The maximum absolute atomic E-state index is 8.94. The minimum atomic E-state index is 0.456. The molecule has 0 aromatic heterocycles. The smallest absolute Gasteiger partial charge is 0.123 e. The molecule has 100 valence electrons. The number of benzene rings is 2. The summed E-state index contributed by atoms with van der Waals surface area (Å²) >= 11 is 1.88. The summed E-state index contributed by atoms with van der Waals surface area (Å²) in [6, 6.07) is 16.2. The van der Waals surface area contributed by atoms with Crippen LogP contribution in [0.3, 0.4) is 0 Å². The van der Waals surface area contributed by atoms with Crippen LogP contribution < -0.4 is 4.74 Å². The lowest BCUT2D eigenvalue weighted by Gasteiger charge is -2.13. The Morgan fingerprint density at radius 2 is 2.15 bits per heavy atom. The third kappa shape index (κ3) is 2.66. The van der Waals surface area contributed by atoms with Gasteiger partial charge in [0.05, 0.1) is 11.6 Å². The molecule has 1 heterocycles. The molecule has 2 aromatic rings. The summed E-state index contributed by atoms with van der Waals surface area (Å²) in [6.07, 6.45) is 1.05. The van der Waals surface area contributed by atoms with Crippen molar-refractivity contribution in [2.24, 2.45) is 0 Å². The molecule has 0 N–H and O–H groups in total. The fourth-order valence-electron chi connectivity index (χ4n) is 2.35. The van der Waals surface area contributed by atoms with Crippen LogP contribution in [0.5, 0.6) is 5.75 Å². The van der Waals surface area contributed by atoms with Crippen LogP contribution >= 0.6 is 11.8 Å². The lowest BCUT2D eigenvalue weighted by molar-refractivity contribution is 0.315. The van der Waals surface area contributed by atoms with E-state index in [9.17, 15) is 0 Å². The van der Waals surface area contributed by atoms with Gasteiger partial charge in [-0.15, -0.1) is 11.8 Å². The second-order valence-corrected chi connectivity index (χ2v) is 6.30. The molecule has 2 aromatic carbocycles. The van der Waals surface area contributed by atoms with Crippen LogP contribution in [0.2, 0.25) is 0 Å². The molecular weight excluding hydrogens is 266 g/mol. The zero-order chi connectivity index (χ0) is 13.9. The summed E-state index contributed by atoms with van der Waals surface area (Å²) in [5, 5.41) is 9.40. The van der Waals surface area contributed by atoms with Crippen LogP contribution in [0.15, 0.2) is 47.4 Å². The molecule has 0 spiro atoms. The van der Waals surface area contributed by atoms with Crippen molar-refractivity contribution in [1.29, 1.82) is 5.26 Å². The molecule has 1 atom stereocenters. The molecule has 0 bridgehead atoms. The van der Waals surface area contributed by atoms with Gasteiger partial charge in [-0.25, -0.2) is 0 Å². The van der Waals surface area contributed by atoms with Gasteiger partial charge < -0.3 is 4.74 Å². The second-order valence-electron chi connectivity index (χ2n) is 4.95. The van der Waals surface area contributed by atoms with Crippen LogP contribution in [-0.2, 0) is 6.42 Å². The van der Waals surface area contributed by atoms with E-state index in [1.54, 1.807) is 0 Å². The van der Waals surface area contributed by atoms with E-state index in [4.69, 9.17) is 10.00 Å². The predicted octanol–water partition coefficient (Wildman–Crippen LogP) is 3.96. The van der Waals surface area contributed by atoms with Gasteiger partial charge in [-0.3, -0.25) is 0 Å². The number of hydrogen-bond acceptors (Lipinski definition) is 3. The highest BCUT2D eigenvalue weighted by molar-refractivity contribution is 8.00. The number of rotatable bonds is 3. The zero-order valence-corrected chi connectivity index (χ0v) is 12.1.